The van der Waals surface area contributed by atoms with Crippen LogP contribution in [0.25, 0.3) is 0 Å². The highest BCUT2D eigenvalue weighted by molar-refractivity contribution is 5.94. The summed E-state index contributed by atoms with van der Waals surface area (Å²) >= 11 is 0. The van der Waals surface area contributed by atoms with Gasteiger partial charge in [-0.2, -0.15) is 0 Å². The number of hydrogen-bond donors (Lipinski definition) is 0. The van der Waals surface area contributed by atoms with Gasteiger partial charge >= 0.3 is 17.9 Å². The van der Waals surface area contributed by atoms with Crippen molar-refractivity contribution in [3.63, 3.8) is 0 Å². The molecule has 46 heavy (non-hydrogen) atoms. The Morgan fingerprint density at radius 3 is 1.85 bits per heavy atom. The van der Waals surface area contributed by atoms with Gasteiger partial charge in [0.2, 0.25) is 6.79 Å². The lowest BCUT2D eigenvalue weighted by Crippen LogP contribution is -2.13. The van der Waals surface area contributed by atoms with Gasteiger partial charge in [-0.15, -0.1) is 0 Å². The van der Waals surface area contributed by atoms with Crippen LogP contribution in [0.2, 0.25) is 0 Å². The molecule has 0 amide bonds. The SMILES string of the molecule is C=CC(=O)OCCCCOc1ccc(C(=O)Oc2ccc(OCOc3ccc(OCCCCCC)cc3)c(C(=O)OCC)c2)cc1. The standard InChI is InChI=1S/C36H42O10/c1-4-7-8-9-22-41-29-16-18-30(19-17-29)44-26-45-33-21-20-31(25-32(33)36(39)40-6-3)46-35(38)27-12-14-28(15-13-27)42-23-10-11-24-43-34(37)5-2/h5,12-21,25H,2,4,6-11,22-24,26H2,1,3H3. The molecule has 0 unspecified atom stereocenters. The maximum absolute atomic E-state index is 12.8. The van der Waals surface area contributed by atoms with Gasteiger partial charge in [-0.05, 0) is 92.9 Å². The lowest BCUT2D eigenvalue weighted by atomic mass is 10.2. The fraction of sp³-hybridized carbons (Fsp3) is 0.361. The maximum Gasteiger partial charge on any atom is 0.343 e. The van der Waals surface area contributed by atoms with E-state index < -0.39 is 17.9 Å². The zero-order valence-corrected chi connectivity index (χ0v) is 26.5. The van der Waals surface area contributed by atoms with Crippen LogP contribution in [0.3, 0.4) is 0 Å². The first kappa shape index (κ1) is 35.5. The van der Waals surface area contributed by atoms with Crippen LogP contribution in [0.4, 0.5) is 0 Å². The van der Waals surface area contributed by atoms with Gasteiger partial charge < -0.3 is 33.2 Å². The highest BCUT2D eigenvalue weighted by Crippen LogP contribution is 2.27. The lowest BCUT2D eigenvalue weighted by molar-refractivity contribution is -0.137. The van der Waals surface area contributed by atoms with E-state index in [4.69, 9.17) is 33.2 Å². The van der Waals surface area contributed by atoms with E-state index in [9.17, 15) is 14.4 Å². The van der Waals surface area contributed by atoms with Crippen molar-refractivity contribution in [3.8, 4) is 28.7 Å². The van der Waals surface area contributed by atoms with E-state index in [1.54, 1.807) is 43.3 Å². The minimum Gasteiger partial charge on any atom is -0.494 e. The molecule has 10 heteroatoms. The number of carbonyl (C=O) groups excluding carboxylic acids is 3. The molecule has 246 valence electrons. The van der Waals surface area contributed by atoms with Gasteiger partial charge in [0.15, 0.2) is 0 Å². The molecule has 3 rings (SSSR count). The average molecular weight is 635 g/mol. The van der Waals surface area contributed by atoms with Gasteiger partial charge in [-0.25, -0.2) is 14.4 Å². The van der Waals surface area contributed by atoms with Gasteiger partial charge in [0.1, 0.15) is 34.3 Å². The van der Waals surface area contributed by atoms with Crippen molar-refractivity contribution in [2.75, 3.05) is 33.2 Å². The fourth-order valence-electron chi connectivity index (χ4n) is 4.06. The van der Waals surface area contributed by atoms with Crippen LogP contribution in [-0.4, -0.2) is 51.1 Å². The second-order valence-electron chi connectivity index (χ2n) is 10.0. The van der Waals surface area contributed by atoms with Gasteiger partial charge in [0.25, 0.3) is 0 Å². The molecule has 0 saturated heterocycles. The molecular formula is C36H42O10. The molecule has 3 aromatic rings. The molecule has 10 nitrogen and oxygen atoms in total. The number of carbonyl (C=O) groups is 3. The van der Waals surface area contributed by atoms with Crippen molar-refractivity contribution < 1.29 is 47.5 Å². The second-order valence-corrected chi connectivity index (χ2v) is 10.0. The third kappa shape index (κ3) is 12.6. The molecule has 0 N–H and O–H groups in total. The highest BCUT2D eigenvalue weighted by Gasteiger charge is 2.18. The minimum atomic E-state index is -0.629. The van der Waals surface area contributed by atoms with Crippen LogP contribution < -0.4 is 23.7 Å². The molecule has 0 aliphatic heterocycles. The summed E-state index contributed by atoms with van der Waals surface area (Å²) in [6, 6.07) is 18.1. The van der Waals surface area contributed by atoms with Crippen molar-refractivity contribution in [2.45, 2.75) is 52.4 Å². The van der Waals surface area contributed by atoms with Crippen LogP contribution in [0.1, 0.15) is 73.1 Å². The van der Waals surface area contributed by atoms with Crippen LogP contribution >= 0.6 is 0 Å². The van der Waals surface area contributed by atoms with E-state index in [0.29, 0.717) is 49.7 Å². The molecule has 0 atom stereocenters. The molecule has 0 saturated carbocycles. The Morgan fingerprint density at radius 1 is 0.630 bits per heavy atom. The summed E-state index contributed by atoms with van der Waals surface area (Å²) in [6.07, 6.45) is 7.01. The topological polar surface area (TPSA) is 116 Å². The summed E-state index contributed by atoms with van der Waals surface area (Å²) in [4.78, 5) is 36.5. The van der Waals surface area contributed by atoms with E-state index in [2.05, 4.69) is 13.5 Å². The Balaban J connectivity index is 1.51. The predicted molar refractivity (Wildman–Crippen MR) is 172 cm³/mol. The summed E-state index contributed by atoms with van der Waals surface area (Å²) in [5.41, 5.74) is 0.383. The minimum absolute atomic E-state index is 0.0885. The Hall–Kier alpha value is -4.99. The number of unbranched alkanes of at least 4 members (excludes halogenated alkanes) is 4. The fourth-order valence-corrected chi connectivity index (χ4v) is 4.06. The van der Waals surface area contributed by atoms with Crippen molar-refractivity contribution in [1.82, 2.24) is 0 Å². The molecule has 3 aromatic carbocycles. The molecule has 0 radical (unpaired) electrons. The van der Waals surface area contributed by atoms with E-state index in [1.807, 2.05) is 12.1 Å². The van der Waals surface area contributed by atoms with Gasteiger partial charge in [0.05, 0.1) is 32.0 Å². The summed E-state index contributed by atoms with van der Waals surface area (Å²) < 4.78 is 38.5. The monoisotopic (exact) mass is 634 g/mol. The number of hydrogen-bond acceptors (Lipinski definition) is 10. The summed E-state index contributed by atoms with van der Waals surface area (Å²) in [5, 5.41) is 0. The number of esters is 3. The smallest absolute Gasteiger partial charge is 0.343 e. The van der Waals surface area contributed by atoms with Crippen LogP contribution in [0.5, 0.6) is 28.7 Å². The van der Waals surface area contributed by atoms with Gasteiger partial charge in [0, 0.05) is 6.08 Å². The molecule has 0 heterocycles. The van der Waals surface area contributed by atoms with E-state index in [0.717, 1.165) is 24.7 Å². The largest absolute Gasteiger partial charge is 0.494 e. The molecule has 0 fully saturated rings. The van der Waals surface area contributed by atoms with Crippen molar-refractivity contribution in [3.05, 3.63) is 90.5 Å². The quantitative estimate of drug-likeness (QED) is 0.0387. The molecule has 0 aliphatic rings. The third-order valence-electron chi connectivity index (χ3n) is 6.50. The van der Waals surface area contributed by atoms with Crippen LogP contribution in [0.15, 0.2) is 79.4 Å². The van der Waals surface area contributed by atoms with Crippen LogP contribution in [-0.2, 0) is 14.3 Å². The molecule has 0 aromatic heterocycles. The Bertz CT molecular complexity index is 1380. The second kappa shape index (κ2) is 20.1. The first-order valence-corrected chi connectivity index (χ1v) is 15.5. The number of benzene rings is 3. The maximum atomic E-state index is 12.8. The Labute approximate surface area is 270 Å². The normalized spacial score (nSPS) is 10.4. The van der Waals surface area contributed by atoms with Crippen LogP contribution in [0, 0.1) is 0 Å². The summed E-state index contributed by atoms with van der Waals surface area (Å²) in [5.74, 6) is 0.578. The molecule has 0 bridgehead atoms. The molecule has 0 spiro atoms. The van der Waals surface area contributed by atoms with Crippen molar-refractivity contribution in [1.29, 1.82) is 0 Å². The zero-order chi connectivity index (χ0) is 33.0. The summed E-state index contributed by atoms with van der Waals surface area (Å²) in [6.45, 7) is 8.59. The van der Waals surface area contributed by atoms with Gasteiger partial charge in [-0.3, -0.25) is 0 Å². The Kier molecular flexibility index (Phi) is 15.5. The van der Waals surface area contributed by atoms with Gasteiger partial charge in [-0.1, -0.05) is 32.8 Å². The number of rotatable bonds is 21. The van der Waals surface area contributed by atoms with Crippen molar-refractivity contribution >= 4 is 17.9 Å². The Morgan fingerprint density at radius 2 is 1.22 bits per heavy atom. The summed E-state index contributed by atoms with van der Waals surface area (Å²) in [7, 11) is 0. The average Bonchev–Trinajstić information content (AvgIpc) is 3.07. The number of ether oxygens (including phenoxy) is 7. The first-order chi connectivity index (χ1) is 22.4. The lowest BCUT2D eigenvalue weighted by Gasteiger charge is -2.14. The molecular weight excluding hydrogens is 592 g/mol. The predicted octanol–water partition coefficient (Wildman–Crippen LogP) is 7.35. The van der Waals surface area contributed by atoms with Crippen molar-refractivity contribution in [2.24, 2.45) is 0 Å². The van der Waals surface area contributed by atoms with E-state index >= 15 is 0 Å². The first-order valence-electron chi connectivity index (χ1n) is 15.5. The molecule has 0 aliphatic carbocycles. The highest BCUT2D eigenvalue weighted by atomic mass is 16.7. The van der Waals surface area contributed by atoms with E-state index in [1.165, 1.54) is 31.0 Å². The zero-order valence-electron chi connectivity index (χ0n) is 26.5. The van der Waals surface area contributed by atoms with E-state index in [-0.39, 0.29) is 30.5 Å². The third-order valence-corrected chi connectivity index (χ3v) is 6.50.